The second-order valence-corrected chi connectivity index (χ2v) is 2.79. The highest BCUT2D eigenvalue weighted by Crippen LogP contribution is 1.88. The van der Waals surface area contributed by atoms with E-state index >= 15 is 0 Å². The minimum Gasteiger partial charge on any atom is -0.481 e. The molecule has 0 radical (unpaired) electrons. The van der Waals surface area contributed by atoms with E-state index in [1.165, 1.54) is 6.92 Å². The number of rotatable bonds is 6. The Labute approximate surface area is 77.3 Å². The van der Waals surface area contributed by atoms with Crippen molar-refractivity contribution in [2.45, 2.75) is 13.3 Å². The first-order chi connectivity index (χ1) is 6.02. The van der Waals surface area contributed by atoms with Gasteiger partial charge in [-0.2, -0.15) is 0 Å². The molecule has 0 aliphatic rings. The zero-order valence-electron chi connectivity index (χ0n) is 7.95. The van der Waals surface area contributed by atoms with Crippen molar-refractivity contribution < 1.29 is 19.4 Å². The summed E-state index contributed by atoms with van der Waals surface area (Å²) < 4.78 is 4.69. The largest absolute Gasteiger partial charge is 0.481 e. The number of carboxylic acid groups (broad SMARTS) is 1. The number of carboxylic acids is 1. The third-order valence-electron chi connectivity index (χ3n) is 1.49. The molecule has 0 aliphatic carbocycles. The number of aliphatic carboxylic acids is 1. The number of esters is 1. The van der Waals surface area contributed by atoms with E-state index in [9.17, 15) is 9.59 Å². The van der Waals surface area contributed by atoms with Crippen LogP contribution in [0.3, 0.4) is 0 Å². The minimum atomic E-state index is -0.820. The van der Waals surface area contributed by atoms with Gasteiger partial charge in [0.05, 0.1) is 6.42 Å². The molecule has 0 aliphatic heterocycles. The van der Waals surface area contributed by atoms with Gasteiger partial charge in [-0.1, -0.05) is 0 Å². The molecule has 1 N–H and O–H groups in total. The Balaban J connectivity index is 3.35. The van der Waals surface area contributed by atoms with Crippen LogP contribution in [-0.2, 0) is 14.3 Å². The number of hydrogen-bond acceptors (Lipinski definition) is 4. The molecule has 13 heavy (non-hydrogen) atoms. The van der Waals surface area contributed by atoms with Crippen LogP contribution in [0.1, 0.15) is 13.3 Å². The first-order valence-corrected chi connectivity index (χ1v) is 4.06. The number of carbonyl (C=O) groups excluding carboxylic acids is 1. The van der Waals surface area contributed by atoms with Crippen LogP contribution < -0.4 is 0 Å². The molecule has 76 valence electrons. The second-order valence-electron chi connectivity index (χ2n) is 2.79. The summed E-state index contributed by atoms with van der Waals surface area (Å²) in [5.74, 6) is -1.13. The number of nitrogens with zero attached hydrogens (tertiary/aromatic N) is 1. The van der Waals surface area contributed by atoms with Gasteiger partial charge >= 0.3 is 11.9 Å². The standard InChI is InChI=1S/C8H15NO4/c1-7(10)13-6-5-9(2)4-3-8(11)12/h3-6H2,1-2H3,(H,11,12). The molecule has 5 nitrogen and oxygen atoms in total. The molecule has 0 aromatic heterocycles. The number of hydrogen-bond donors (Lipinski definition) is 1. The maximum absolute atomic E-state index is 10.4. The van der Waals surface area contributed by atoms with E-state index < -0.39 is 5.97 Å². The molecule has 0 bridgehead atoms. The highest BCUT2D eigenvalue weighted by molar-refractivity contribution is 5.66. The Bertz CT molecular complexity index is 181. The summed E-state index contributed by atoms with van der Waals surface area (Å²) in [4.78, 5) is 22.3. The molecule has 5 heteroatoms. The van der Waals surface area contributed by atoms with Crippen LogP contribution in [0.15, 0.2) is 0 Å². The highest BCUT2D eigenvalue weighted by Gasteiger charge is 2.02. The third kappa shape index (κ3) is 8.81. The van der Waals surface area contributed by atoms with E-state index in [1.807, 2.05) is 0 Å². The predicted molar refractivity (Wildman–Crippen MR) is 46.4 cm³/mol. The van der Waals surface area contributed by atoms with Gasteiger partial charge in [-0.05, 0) is 7.05 Å². The van der Waals surface area contributed by atoms with E-state index in [4.69, 9.17) is 9.84 Å². The highest BCUT2D eigenvalue weighted by atomic mass is 16.5. The summed E-state index contributed by atoms with van der Waals surface area (Å²) in [6, 6.07) is 0. The molecular weight excluding hydrogens is 174 g/mol. The van der Waals surface area contributed by atoms with Crippen LogP contribution in [0.25, 0.3) is 0 Å². The topological polar surface area (TPSA) is 66.8 Å². The van der Waals surface area contributed by atoms with Gasteiger partial charge in [0.2, 0.25) is 0 Å². The number of likely N-dealkylation sites (N-methyl/N-ethyl adjacent to an activating group) is 1. The molecule has 0 amide bonds. The van der Waals surface area contributed by atoms with Crippen molar-refractivity contribution in [3.63, 3.8) is 0 Å². The Kier molecular flexibility index (Phi) is 5.88. The van der Waals surface area contributed by atoms with Gasteiger partial charge in [0.25, 0.3) is 0 Å². The lowest BCUT2D eigenvalue weighted by molar-refractivity contribution is -0.142. The fraction of sp³-hybridized carbons (Fsp3) is 0.750. The minimum absolute atomic E-state index is 0.108. The quantitative estimate of drug-likeness (QED) is 0.594. The molecule has 0 aromatic rings. The third-order valence-corrected chi connectivity index (χ3v) is 1.49. The van der Waals surface area contributed by atoms with Crippen LogP contribution in [-0.4, -0.2) is 48.7 Å². The number of ether oxygens (including phenoxy) is 1. The Hall–Kier alpha value is -1.10. The lowest BCUT2D eigenvalue weighted by atomic mass is 10.4. The van der Waals surface area contributed by atoms with E-state index in [1.54, 1.807) is 11.9 Å². The molecule has 0 atom stereocenters. The van der Waals surface area contributed by atoms with Crippen molar-refractivity contribution in [1.29, 1.82) is 0 Å². The molecule has 0 fully saturated rings. The smallest absolute Gasteiger partial charge is 0.304 e. The monoisotopic (exact) mass is 189 g/mol. The molecule has 0 rings (SSSR count). The maximum Gasteiger partial charge on any atom is 0.304 e. The van der Waals surface area contributed by atoms with E-state index in [2.05, 4.69) is 0 Å². The van der Waals surface area contributed by atoms with E-state index in [-0.39, 0.29) is 12.4 Å². The van der Waals surface area contributed by atoms with Gasteiger partial charge in [0.15, 0.2) is 0 Å². The summed E-state index contributed by atoms with van der Waals surface area (Å²) in [7, 11) is 1.78. The maximum atomic E-state index is 10.4. The molecule has 0 unspecified atom stereocenters. The second kappa shape index (κ2) is 6.42. The number of carbonyl (C=O) groups is 2. The summed E-state index contributed by atoms with van der Waals surface area (Å²) in [5, 5.41) is 8.36. The van der Waals surface area contributed by atoms with Gasteiger partial charge in [-0.15, -0.1) is 0 Å². The fourth-order valence-electron chi connectivity index (χ4n) is 0.744. The van der Waals surface area contributed by atoms with Crippen LogP contribution in [0.4, 0.5) is 0 Å². The normalized spacial score (nSPS) is 10.1. The average Bonchev–Trinajstić information content (AvgIpc) is 2.00. The lowest BCUT2D eigenvalue weighted by Gasteiger charge is -2.14. The van der Waals surface area contributed by atoms with Gasteiger partial charge in [-0.3, -0.25) is 9.59 Å². The van der Waals surface area contributed by atoms with E-state index in [0.29, 0.717) is 19.7 Å². The van der Waals surface area contributed by atoms with Gasteiger partial charge in [0, 0.05) is 20.0 Å². The molecule has 0 aromatic carbocycles. The zero-order valence-corrected chi connectivity index (χ0v) is 7.95. The molecular formula is C8H15NO4. The van der Waals surface area contributed by atoms with Gasteiger partial charge in [0.1, 0.15) is 6.61 Å². The van der Waals surface area contributed by atoms with Crippen LogP contribution in [0.2, 0.25) is 0 Å². The molecule has 0 saturated heterocycles. The van der Waals surface area contributed by atoms with Gasteiger partial charge in [-0.25, -0.2) is 0 Å². The fourth-order valence-corrected chi connectivity index (χ4v) is 0.744. The Morgan fingerprint density at radius 3 is 2.46 bits per heavy atom. The van der Waals surface area contributed by atoms with E-state index in [0.717, 1.165) is 0 Å². The lowest BCUT2D eigenvalue weighted by Crippen LogP contribution is -2.26. The van der Waals surface area contributed by atoms with Crippen molar-refractivity contribution in [2.75, 3.05) is 26.7 Å². The molecule has 0 heterocycles. The summed E-state index contributed by atoms with van der Waals surface area (Å²) in [5.41, 5.74) is 0. The predicted octanol–water partition coefficient (Wildman–Crippen LogP) is -0.0440. The average molecular weight is 189 g/mol. The van der Waals surface area contributed by atoms with Crippen molar-refractivity contribution in [3.8, 4) is 0 Å². The zero-order chi connectivity index (χ0) is 10.3. The van der Waals surface area contributed by atoms with Crippen molar-refractivity contribution >= 4 is 11.9 Å². The van der Waals surface area contributed by atoms with Crippen LogP contribution in [0.5, 0.6) is 0 Å². The summed E-state index contributed by atoms with van der Waals surface area (Å²) in [6.07, 6.45) is 0.108. The van der Waals surface area contributed by atoms with Crippen molar-refractivity contribution in [1.82, 2.24) is 4.90 Å². The van der Waals surface area contributed by atoms with Crippen molar-refractivity contribution in [2.24, 2.45) is 0 Å². The van der Waals surface area contributed by atoms with Crippen LogP contribution in [0, 0.1) is 0 Å². The first-order valence-electron chi connectivity index (χ1n) is 4.06. The SMILES string of the molecule is CC(=O)OCCN(C)CCC(=O)O. The first kappa shape index (κ1) is 11.9. The Morgan fingerprint density at radius 1 is 1.38 bits per heavy atom. The summed E-state index contributed by atoms with van der Waals surface area (Å²) >= 11 is 0. The van der Waals surface area contributed by atoms with Crippen LogP contribution >= 0.6 is 0 Å². The van der Waals surface area contributed by atoms with Gasteiger partial charge < -0.3 is 14.7 Å². The Morgan fingerprint density at radius 2 is 2.00 bits per heavy atom. The molecule has 0 saturated carbocycles. The molecule has 0 spiro atoms. The summed E-state index contributed by atoms with van der Waals surface area (Å²) in [6.45, 7) is 2.69. The van der Waals surface area contributed by atoms with Crippen molar-refractivity contribution in [3.05, 3.63) is 0 Å².